The summed E-state index contributed by atoms with van der Waals surface area (Å²) in [5.74, 6) is 0.982. The van der Waals surface area contributed by atoms with Crippen molar-refractivity contribution >= 4 is 0 Å². The van der Waals surface area contributed by atoms with Crippen LogP contribution in [0.3, 0.4) is 0 Å². The van der Waals surface area contributed by atoms with Gasteiger partial charge in [-0.2, -0.15) is 0 Å². The summed E-state index contributed by atoms with van der Waals surface area (Å²) >= 11 is 0. The molecule has 0 aromatic carbocycles. The molecule has 1 unspecified atom stereocenters. The van der Waals surface area contributed by atoms with Gasteiger partial charge in [-0.25, -0.2) is 0 Å². The minimum Gasteiger partial charge on any atom is -0.313 e. The van der Waals surface area contributed by atoms with Crippen molar-refractivity contribution < 1.29 is 0 Å². The molecule has 0 aromatic rings. The van der Waals surface area contributed by atoms with Gasteiger partial charge in [-0.3, -0.25) is 0 Å². The van der Waals surface area contributed by atoms with Crippen molar-refractivity contribution in [3.05, 3.63) is 0 Å². The van der Waals surface area contributed by atoms with E-state index in [9.17, 15) is 0 Å². The topological polar surface area (TPSA) is 15.3 Å². The van der Waals surface area contributed by atoms with Gasteiger partial charge in [-0.15, -0.1) is 0 Å². The molecule has 1 rings (SSSR count). The van der Waals surface area contributed by atoms with E-state index in [1.165, 1.54) is 45.3 Å². The van der Waals surface area contributed by atoms with Gasteiger partial charge in [0, 0.05) is 19.1 Å². The van der Waals surface area contributed by atoms with E-state index in [0.29, 0.717) is 0 Å². The zero-order chi connectivity index (χ0) is 11.1. The average Bonchev–Trinajstić information content (AvgIpc) is 3.01. The molecule has 2 nitrogen and oxygen atoms in total. The van der Waals surface area contributed by atoms with Crippen molar-refractivity contribution in [1.29, 1.82) is 0 Å². The largest absolute Gasteiger partial charge is 0.313 e. The standard InChI is InChI=1S/C13H28N2/c1-4-9-15(10-5-2)11-8-14-12(3)13-6-7-13/h12-14H,4-11H2,1-3H3. The molecule has 0 bridgehead atoms. The van der Waals surface area contributed by atoms with Gasteiger partial charge >= 0.3 is 0 Å². The van der Waals surface area contributed by atoms with Crippen molar-refractivity contribution in [3.63, 3.8) is 0 Å². The summed E-state index contributed by atoms with van der Waals surface area (Å²) in [5, 5.41) is 3.65. The first-order chi connectivity index (χ1) is 7.27. The summed E-state index contributed by atoms with van der Waals surface area (Å²) < 4.78 is 0. The lowest BCUT2D eigenvalue weighted by Crippen LogP contribution is -2.37. The molecule has 0 amide bonds. The second kappa shape index (κ2) is 7.24. The summed E-state index contributed by atoms with van der Waals surface area (Å²) in [6, 6.07) is 0.745. The highest BCUT2D eigenvalue weighted by Crippen LogP contribution is 2.32. The Kier molecular flexibility index (Phi) is 6.26. The Balaban J connectivity index is 2.03. The fourth-order valence-electron chi connectivity index (χ4n) is 2.18. The Morgan fingerprint density at radius 1 is 1.13 bits per heavy atom. The number of rotatable bonds is 9. The molecular weight excluding hydrogens is 184 g/mol. The van der Waals surface area contributed by atoms with Crippen LogP contribution in [0.25, 0.3) is 0 Å². The van der Waals surface area contributed by atoms with E-state index in [2.05, 4.69) is 31.0 Å². The minimum absolute atomic E-state index is 0.745. The zero-order valence-electron chi connectivity index (χ0n) is 10.8. The normalized spacial score (nSPS) is 18.4. The first-order valence-electron chi connectivity index (χ1n) is 6.73. The smallest absolute Gasteiger partial charge is 0.0107 e. The summed E-state index contributed by atoms with van der Waals surface area (Å²) in [6.07, 6.45) is 5.44. The molecule has 0 heterocycles. The van der Waals surface area contributed by atoms with Crippen LogP contribution in [0.4, 0.5) is 0 Å². The number of nitrogens with zero attached hydrogens (tertiary/aromatic N) is 1. The van der Waals surface area contributed by atoms with Gasteiger partial charge in [0.1, 0.15) is 0 Å². The highest BCUT2D eigenvalue weighted by molar-refractivity contribution is 4.83. The van der Waals surface area contributed by atoms with Crippen LogP contribution in [0.5, 0.6) is 0 Å². The second-order valence-electron chi connectivity index (χ2n) is 4.92. The molecule has 1 atom stereocenters. The maximum Gasteiger partial charge on any atom is 0.0107 e. The predicted molar refractivity (Wildman–Crippen MR) is 67.2 cm³/mol. The van der Waals surface area contributed by atoms with Gasteiger partial charge < -0.3 is 10.2 Å². The van der Waals surface area contributed by atoms with Gasteiger partial charge in [0.2, 0.25) is 0 Å². The van der Waals surface area contributed by atoms with Crippen molar-refractivity contribution in [1.82, 2.24) is 10.2 Å². The van der Waals surface area contributed by atoms with Gasteiger partial charge in [-0.05, 0) is 51.6 Å². The Bertz CT molecular complexity index is 149. The lowest BCUT2D eigenvalue weighted by atomic mass is 10.2. The molecule has 0 aromatic heterocycles. The second-order valence-corrected chi connectivity index (χ2v) is 4.92. The molecule has 15 heavy (non-hydrogen) atoms. The van der Waals surface area contributed by atoms with Crippen molar-refractivity contribution in [2.45, 2.75) is 52.5 Å². The van der Waals surface area contributed by atoms with Crippen molar-refractivity contribution in [2.75, 3.05) is 26.2 Å². The first-order valence-corrected chi connectivity index (χ1v) is 6.73. The Morgan fingerprint density at radius 2 is 1.73 bits per heavy atom. The monoisotopic (exact) mass is 212 g/mol. The quantitative estimate of drug-likeness (QED) is 0.632. The van der Waals surface area contributed by atoms with E-state index in [0.717, 1.165) is 18.5 Å². The Labute approximate surface area is 95.4 Å². The molecule has 0 spiro atoms. The van der Waals surface area contributed by atoms with E-state index in [4.69, 9.17) is 0 Å². The van der Waals surface area contributed by atoms with E-state index < -0.39 is 0 Å². The summed E-state index contributed by atoms with van der Waals surface area (Å²) in [4.78, 5) is 2.58. The molecule has 1 aliphatic rings. The summed E-state index contributed by atoms with van der Waals surface area (Å²) in [5.41, 5.74) is 0. The fourth-order valence-corrected chi connectivity index (χ4v) is 2.18. The molecule has 1 fully saturated rings. The molecular formula is C13H28N2. The van der Waals surface area contributed by atoms with E-state index in [1.54, 1.807) is 0 Å². The molecule has 0 radical (unpaired) electrons. The van der Waals surface area contributed by atoms with E-state index in [-0.39, 0.29) is 0 Å². The highest BCUT2D eigenvalue weighted by Gasteiger charge is 2.27. The number of hydrogen-bond donors (Lipinski definition) is 1. The van der Waals surface area contributed by atoms with Gasteiger partial charge in [-0.1, -0.05) is 13.8 Å². The zero-order valence-corrected chi connectivity index (χ0v) is 10.8. The first kappa shape index (κ1) is 13.0. The third-order valence-electron chi connectivity index (χ3n) is 3.30. The predicted octanol–water partition coefficient (Wildman–Crippen LogP) is 2.50. The van der Waals surface area contributed by atoms with Crippen LogP contribution < -0.4 is 5.32 Å². The average molecular weight is 212 g/mol. The van der Waals surface area contributed by atoms with Crippen LogP contribution in [0.2, 0.25) is 0 Å². The molecule has 0 saturated heterocycles. The fraction of sp³-hybridized carbons (Fsp3) is 1.00. The van der Waals surface area contributed by atoms with Crippen LogP contribution >= 0.6 is 0 Å². The van der Waals surface area contributed by atoms with Crippen LogP contribution in [0, 0.1) is 5.92 Å². The molecule has 1 aliphatic carbocycles. The highest BCUT2D eigenvalue weighted by atomic mass is 15.1. The lowest BCUT2D eigenvalue weighted by Gasteiger charge is -2.22. The van der Waals surface area contributed by atoms with Crippen LogP contribution in [0.15, 0.2) is 0 Å². The molecule has 2 heteroatoms. The third kappa shape index (κ3) is 5.53. The summed E-state index contributed by atoms with van der Waals surface area (Å²) in [7, 11) is 0. The van der Waals surface area contributed by atoms with E-state index >= 15 is 0 Å². The number of hydrogen-bond acceptors (Lipinski definition) is 2. The molecule has 1 saturated carbocycles. The summed E-state index contributed by atoms with van der Waals surface area (Å²) in [6.45, 7) is 11.8. The van der Waals surface area contributed by atoms with Crippen molar-refractivity contribution in [2.24, 2.45) is 5.92 Å². The van der Waals surface area contributed by atoms with Gasteiger partial charge in [0.15, 0.2) is 0 Å². The van der Waals surface area contributed by atoms with Crippen LogP contribution in [-0.2, 0) is 0 Å². The molecule has 1 N–H and O–H groups in total. The SMILES string of the molecule is CCCN(CCC)CCNC(C)C1CC1. The lowest BCUT2D eigenvalue weighted by molar-refractivity contribution is 0.268. The third-order valence-corrected chi connectivity index (χ3v) is 3.30. The minimum atomic E-state index is 0.745. The van der Waals surface area contributed by atoms with Crippen LogP contribution in [0.1, 0.15) is 46.5 Å². The van der Waals surface area contributed by atoms with Gasteiger partial charge in [0.05, 0.1) is 0 Å². The van der Waals surface area contributed by atoms with Gasteiger partial charge in [0.25, 0.3) is 0 Å². The van der Waals surface area contributed by atoms with Crippen LogP contribution in [-0.4, -0.2) is 37.1 Å². The van der Waals surface area contributed by atoms with Crippen molar-refractivity contribution in [3.8, 4) is 0 Å². The molecule has 0 aliphatic heterocycles. The maximum absolute atomic E-state index is 3.65. The number of nitrogens with one attached hydrogen (secondary N) is 1. The maximum atomic E-state index is 3.65. The Hall–Kier alpha value is -0.0800. The Morgan fingerprint density at radius 3 is 2.20 bits per heavy atom. The molecule has 90 valence electrons. The van der Waals surface area contributed by atoms with E-state index in [1.807, 2.05) is 0 Å².